The van der Waals surface area contributed by atoms with Gasteiger partial charge in [0.05, 0.1) is 23.3 Å². The first-order chi connectivity index (χ1) is 13.7. The number of aromatic nitrogens is 1. The SMILES string of the molecule is CCCCN1C(=O)c2ccccc2C(C(=O)Nc2cccnc2)C12CCCC2. The number of amides is 2. The summed E-state index contributed by atoms with van der Waals surface area (Å²) >= 11 is 0. The highest BCUT2D eigenvalue weighted by Crippen LogP contribution is 2.50. The van der Waals surface area contributed by atoms with Gasteiger partial charge >= 0.3 is 0 Å². The Kier molecular flexibility index (Phi) is 5.16. The van der Waals surface area contributed by atoms with E-state index < -0.39 is 5.54 Å². The van der Waals surface area contributed by atoms with Gasteiger partial charge in [0.15, 0.2) is 0 Å². The lowest BCUT2D eigenvalue weighted by atomic mass is 9.71. The van der Waals surface area contributed by atoms with Gasteiger partial charge < -0.3 is 10.2 Å². The van der Waals surface area contributed by atoms with E-state index in [4.69, 9.17) is 0 Å². The van der Waals surface area contributed by atoms with Gasteiger partial charge in [0, 0.05) is 18.3 Å². The molecular weight excluding hydrogens is 350 g/mol. The molecule has 1 aromatic carbocycles. The molecule has 0 bridgehead atoms. The predicted octanol–water partition coefficient (Wildman–Crippen LogP) is 4.37. The predicted molar refractivity (Wildman–Crippen MR) is 109 cm³/mol. The summed E-state index contributed by atoms with van der Waals surface area (Å²) < 4.78 is 0. The number of pyridine rings is 1. The van der Waals surface area contributed by atoms with Crippen molar-refractivity contribution in [3.8, 4) is 0 Å². The molecule has 5 heteroatoms. The van der Waals surface area contributed by atoms with E-state index in [1.165, 1.54) is 0 Å². The summed E-state index contributed by atoms with van der Waals surface area (Å²) in [4.78, 5) is 33.1. The molecule has 1 aliphatic heterocycles. The number of nitrogens with one attached hydrogen (secondary N) is 1. The molecule has 2 heterocycles. The minimum atomic E-state index is -0.424. The zero-order valence-electron chi connectivity index (χ0n) is 16.4. The van der Waals surface area contributed by atoms with Gasteiger partial charge in [-0.05, 0) is 43.0 Å². The number of hydrogen-bond acceptors (Lipinski definition) is 3. The lowest BCUT2D eigenvalue weighted by Gasteiger charge is -2.50. The van der Waals surface area contributed by atoms with Crippen LogP contribution in [0.3, 0.4) is 0 Å². The van der Waals surface area contributed by atoms with Crippen LogP contribution in [0.4, 0.5) is 5.69 Å². The van der Waals surface area contributed by atoms with Crippen LogP contribution in [0.25, 0.3) is 0 Å². The molecule has 4 rings (SSSR count). The second-order valence-corrected chi connectivity index (χ2v) is 7.87. The summed E-state index contributed by atoms with van der Waals surface area (Å²) in [7, 11) is 0. The van der Waals surface area contributed by atoms with Gasteiger partial charge in [-0.2, -0.15) is 0 Å². The van der Waals surface area contributed by atoms with Crippen molar-refractivity contribution in [3.63, 3.8) is 0 Å². The maximum atomic E-state index is 13.5. The van der Waals surface area contributed by atoms with Crippen molar-refractivity contribution in [2.24, 2.45) is 0 Å². The topological polar surface area (TPSA) is 62.3 Å². The number of benzene rings is 1. The van der Waals surface area contributed by atoms with Crippen LogP contribution in [0.1, 0.15) is 67.3 Å². The summed E-state index contributed by atoms with van der Waals surface area (Å²) in [5.41, 5.74) is 1.80. The van der Waals surface area contributed by atoms with E-state index in [1.54, 1.807) is 12.4 Å². The van der Waals surface area contributed by atoms with Crippen LogP contribution >= 0.6 is 0 Å². The third-order valence-electron chi connectivity index (χ3n) is 6.22. The molecule has 1 saturated carbocycles. The van der Waals surface area contributed by atoms with Gasteiger partial charge in [0.1, 0.15) is 0 Å². The molecule has 1 spiro atoms. The minimum absolute atomic E-state index is 0.0450. The van der Waals surface area contributed by atoms with Crippen molar-refractivity contribution < 1.29 is 9.59 Å². The van der Waals surface area contributed by atoms with E-state index in [-0.39, 0.29) is 17.7 Å². The molecule has 1 fully saturated rings. The molecular formula is C23H27N3O2. The Hall–Kier alpha value is -2.69. The summed E-state index contributed by atoms with van der Waals surface area (Å²) in [5, 5.41) is 3.06. The fraction of sp³-hybridized carbons (Fsp3) is 0.435. The van der Waals surface area contributed by atoms with Gasteiger partial charge in [0.25, 0.3) is 5.91 Å². The van der Waals surface area contributed by atoms with Crippen molar-refractivity contribution in [2.45, 2.75) is 56.9 Å². The van der Waals surface area contributed by atoms with E-state index in [9.17, 15) is 9.59 Å². The Morgan fingerprint density at radius 3 is 2.71 bits per heavy atom. The number of nitrogens with zero attached hydrogens (tertiary/aromatic N) is 2. The Morgan fingerprint density at radius 2 is 2.00 bits per heavy atom. The zero-order valence-corrected chi connectivity index (χ0v) is 16.4. The highest BCUT2D eigenvalue weighted by molar-refractivity contribution is 6.05. The summed E-state index contributed by atoms with van der Waals surface area (Å²) in [6.07, 6.45) is 9.18. The molecule has 1 aromatic heterocycles. The molecule has 146 valence electrons. The summed E-state index contributed by atoms with van der Waals surface area (Å²) in [6.45, 7) is 2.84. The summed E-state index contributed by atoms with van der Waals surface area (Å²) in [6, 6.07) is 11.3. The quantitative estimate of drug-likeness (QED) is 0.841. The number of carbonyl (C=O) groups is 2. The van der Waals surface area contributed by atoms with E-state index in [2.05, 4.69) is 17.2 Å². The lowest BCUT2D eigenvalue weighted by molar-refractivity contribution is -0.121. The fourth-order valence-corrected chi connectivity index (χ4v) is 4.96. The Labute approximate surface area is 166 Å². The summed E-state index contributed by atoms with van der Waals surface area (Å²) in [5.74, 6) is -0.325. The fourth-order valence-electron chi connectivity index (χ4n) is 4.96. The Balaban J connectivity index is 1.79. The molecule has 1 aliphatic carbocycles. The highest BCUT2D eigenvalue weighted by Gasteiger charge is 2.55. The number of unbranched alkanes of at least 4 members (excludes halogenated alkanes) is 1. The first-order valence-corrected chi connectivity index (χ1v) is 10.3. The molecule has 1 unspecified atom stereocenters. The third kappa shape index (κ3) is 3.09. The molecule has 0 saturated heterocycles. The van der Waals surface area contributed by atoms with Crippen LogP contribution in [0.5, 0.6) is 0 Å². The second-order valence-electron chi connectivity index (χ2n) is 7.87. The van der Waals surface area contributed by atoms with E-state index in [0.29, 0.717) is 17.8 Å². The number of anilines is 1. The van der Waals surface area contributed by atoms with Crippen LogP contribution in [-0.2, 0) is 4.79 Å². The molecule has 2 aromatic rings. The van der Waals surface area contributed by atoms with Crippen molar-refractivity contribution in [1.82, 2.24) is 9.88 Å². The zero-order chi connectivity index (χ0) is 19.6. The average Bonchev–Trinajstić information content (AvgIpc) is 3.18. The molecule has 5 nitrogen and oxygen atoms in total. The molecule has 2 amide bonds. The number of hydrogen-bond donors (Lipinski definition) is 1. The third-order valence-corrected chi connectivity index (χ3v) is 6.22. The van der Waals surface area contributed by atoms with Crippen molar-refractivity contribution in [1.29, 1.82) is 0 Å². The minimum Gasteiger partial charge on any atom is -0.332 e. The molecule has 1 atom stereocenters. The maximum Gasteiger partial charge on any atom is 0.254 e. The smallest absolute Gasteiger partial charge is 0.254 e. The van der Waals surface area contributed by atoms with E-state index in [0.717, 1.165) is 44.1 Å². The van der Waals surface area contributed by atoms with Crippen LogP contribution in [0.2, 0.25) is 0 Å². The molecule has 0 radical (unpaired) electrons. The van der Waals surface area contributed by atoms with Crippen LogP contribution in [0, 0.1) is 0 Å². The standard InChI is InChI=1S/C23H27N3O2/c1-2-3-15-26-22(28)19-11-5-4-10-18(19)20(23(26)12-6-7-13-23)21(27)25-17-9-8-14-24-16-17/h4-5,8-11,14,16,20H,2-3,6-7,12-13,15H2,1H3,(H,25,27). The van der Waals surface area contributed by atoms with Crippen LogP contribution in [-0.4, -0.2) is 33.8 Å². The van der Waals surface area contributed by atoms with Gasteiger partial charge in [0.2, 0.25) is 5.91 Å². The maximum absolute atomic E-state index is 13.5. The van der Waals surface area contributed by atoms with Crippen molar-refractivity contribution >= 4 is 17.5 Å². The average molecular weight is 377 g/mol. The molecule has 28 heavy (non-hydrogen) atoms. The van der Waals surface area contributed by atoms with Gasteiger partial charge in [-0.1, -0.05) is 44.4 Å². The van der Waals surface area contributed by atoms with Crippen molar-refractivity contribution in [2.75, 3.05) is 11.9 Å². The largest absolute Gasteiger partial charge is 0.332 e. The van der Waals surface area contributed by atoms with Gasteiger partial charge in [-0.25, -0.2) is 0 Å². The van der Waals surface area contributed by atoms with E-state index >= 15 is 0 Å². The highest BCUT2D eigenvalue weighted by atomic mass is 16.2. The van der Waals surface area contributed by atoms with Gasteiger partial charge in [-0.3, -0.25) is 14.6 Å². The normalized spacial score (nSPS) is 20.2. The first-order valence-electron chi connectivity index (χ1n) is 10.3. The van der Waals surface area contributed by atoms with Crippen LogP contribution in [0.15, 0.2) is 48.8 Å². The van der Waals surface area contributed by atoms with Crippen molar-refractivity contribution in [3.05, 3.63) is 59.9 Å². The van der Waals surface area contributed by atoms with E-state index in [1.807, 2.05) is 41.3 Å². The van der Waals surface area contributed by atoms with Crippen LogP contribution < -0.4 is 5.32 Å². The molecule has 2 aliphatic rings. The monoisotopic (exact) mass is 377 g/mol. The number of fused-ring (bicyclic) bond motifs is 1. The number of rotatable bonds is 5. The molecule has 1 N–H and O–H groups in total. The first kappa shape index (κ1) is 18.7. The van der Waals surface area contributed by atoms with Gasteiger partial charge in [-0.15, -0.1) is 0 Å². The second kappa shape index (κ2) is 7.74. The Morgan fingerprint density at radius 1 is 1.21 bits per heavy atom. The lowest BCUT2D eigenvalue weighted by Crippen LogP contribution is -2.60. The Bertz CT molecular complexity index is 859. The number of carbonyl (C=O) groups excluding carboxylic acids is 2.